The van der Waals surface area contributed by atoms with Gasteiger partial charge in [0.1, 0.15) is 5.69 Å². The number of nitrogens with zero attached hydrogens (tertiary/aromatic N) is 4. The smallest absolute Gasteiger partial charge is 0.274 e. The minimum Gasteiger partial charge on any atom is -0.334 e. The highest BCUT2D eigenvalue weighted by molar-refractivity contribution is 5.92. The first kappa shape index (κ1) is 14.1. The lowest BCUT2D eigenvalue weighted by atomic mass is 9.84. The van der Waals surface area contributed by atoms with Gasteiger partial charge >= 0.3 is 0 Å². The van der Waals surface area contributed by atoms with Crippen LogP contribution in [-0.4, -0.2) is 58.2 Å². The summed E-state index contributed by atoms with van der Waals surface area (Å²) in [4.78, 5) is 16.7. The standard InChI is InChI=1S/C14H24N4O/c1-14(2,3)12-10-18(9-8-16(12)4)13(19)11-6-7-17(5)15-11/h6-7,12H,8-10H2,1-5H3. The molecule has 2 rings (SSSR count). The van der Waals surface area contributed by atoms with Gasteiger partial charge in [-0.15, -0.1) is 0 Å². The van der Waals surface area contributed by atoms with Gasteiger partial charge < -0.3 is 4.90 Å². The molecule has 1 unspecified atom stereocenters. The third kappa shape index (κ3) is 2.97. The lowest BCUT2D eigenvalue weighted by molar-refractivity contribution is 0.0278. The third-order valence-electron chi connectivity index (χ3n) is 3.87. The molecular weight excluding hydrogens is 240 g/mol. The molecule has 5 nitrogen and oxygen atoms in total. The van der Waals surface area contributed by atoms with Gasteiger partial charge in [0.05, 0.1) is 0 Å². The molecule has 1 amide bonds. The van der Waals surface area contributed by atoms with E-state index in [1.807, 2.05) is 18.1 Å². The zero-order valence-electron chi connectivity index (χ0n) is 12.6. The quantitative estimate of drug-likeness (QED) is 0.766. The largest absolute Gasteiger partial charge is 0.334 e. The highest BCUT2D eigenvalue weighted by atomic mass is 16.2. The van der Waals surface area contributed by atoms with Crippen molar-refractivity contribution in [2.45, 2.75) is 26.8 Å². The van der Waals surface area contributed by atoms with Crippen LogP contribution in [0.1, 0.15) is 31.3 Å². The van der Waals surface area contributed by atoms with E-state index >= 15 is 0 Å². The van der Waals surface area contributed by atoms with Crippen molar-refractivity contribution in [1.82, 2.24) is 19.6 Å². The van der Waals surface area contributed by atoms with E-state index < -0.39 is 0 Å². The summed E-state index contributed by atoms with van der Waals surface area (Å²) in [5.74, 6) is 0.0444. The number of rotatable bonds is 1. The Morgan fingerprint density at radius 2 is 2.00 bits per heavy atom. The van der Waals surface area contributed by atoms with Crippen LogP contribution >= 0.6 is 0 Å². The van der Waals surface area contributed by atoms with Gasteiger partial charge in [-0.05, 0) is 18.5 Å². The third-order valence-corrected chi connectivity index (χ3v) is 3.87. The fourth-order valence-corrected chi connectivity index (χ4v) is 2.68. The minimum atomic E-state index is 0.0444. The van der Waals surface area contributed by atoms with E-state index in [0.717, 1.165) is 19.6 Å². The Hall–Kier alpha value is -1.36. The Morgan fingerprint density at radius 1 is 1.32 bits per heavy atom. The molecule has 0 bridgehead atoms. The van der Waals surface area contributed by atoms with Crippen LogP contribution in [0, 0.1) is 5.41 Å². The summed E-state index contributed by atoms with van der Waals surface area (Å²) in [5.41, 5.74) is 0.706. The fourth-order valence-electron chi connectivity index (χ4n) is 2.68. The van der Waals surface area contributed by atoms with Gasteiger partial charge in [0, 0.05) is 38.9 Å². The molecule has 106 valence electrons. The van der Waals surface area contributed by atoms with Crippen LogP contribution in [0.15, 0.2) is 12.3 Å². The van der Waals surface area contributed by atoms with Gasteiger partial charge in [-0.2, -0.15) is 5.10 Å². The molecule has 0 aromatic carbocycles. The van der Waals surface area contributed by atoms with E-state index in [9.17, 15) is 4.79 Å². The van der Waals surface area contributed by atoms with Gasteiger partial charge in [-0.25, -0.2) is 0 Å². The minimum absolute atomic E-state index is 0.0444. The molecular formula is C14H24N4O. The maximum atomic E-state index is 12.4. The summed E-state index contributed by atoms with van der Waals surface area (Å²) >= 11 is 0. The van der Waals surface area contributed by atoms with Crippen LogP contribution in [0.25, 0.3) is 0 Å². The highest BCUT2D eigenvalue weighted by Gasteiger charge is 2.35. The normalized spacial score (nSPS) is 21.7. The van der Waals surface area contributed by atoms with E-state index in [4.69, 9.17) is 0 Å². The lowest BCUT2D eigenvalue weighted by Crippen LogP contribution is -2.57. The first-order valence-corrected chi connectivity index (χ1v) is 6.78. The van der Waals surface area contributed by atoms with Gasteiger partial charge in [-0.3, -0.25) is 14.4 Å². The van der Waals surface area contributed by atoms with E-state index in [1.54, 1.807) is 10.7 Å². The average molecular weight is 264 g/mol. The van der Waals surface area contributed by atoms with Crippen LogP contribution in [0.4, 0.5) is 0 Å². The number of amides is 1. The molecule has 0 saturated carbocycles. The predicted molar refractivity (Wildman–Crippen MR) is 75.0 cm³/mol. The molecule has 2 heterocycles. The molecule has 0 aliphatic carbocycles. The maximum absolute atomic E-state index is 12.4. The first-order chi connectivity index (χ1) is 8.79. The first-order valence-electron chi connectivity index (χ1n) is 6.78. The van der Waals surface area contributed by atoms with Gasteiger partial charge in [0.15, 0.2) is 0 Å². The number of aryl methyl sites for hydroxylation is 1. The van der Waals surface area contributed by atoms with Crippen LogP contribution < -0.4 is 0 Å². The van der Waals surface area contributed by atoms with Crippen LogP contribution in [0.2, 0.25) is 0 Å². The van der Waals surface area contributed by atoms with E-state index in [-0.39, 0.29) is 11.3 Å². The van der Waals surface area contributed by atoms with Crippen molar-refractivity contribution >= 4 is 5.91 Å². The summed E-state index contributed by atoms with van der Waals surface area (Å²) < 4.78 is 1.67. The van der Waals surface area contributed by atoms with Crippen molar-refractivity contribution in [3.63, 3.8) is 0 Å². The monoisotopic (exact) mass is 264 g/mol. The number of hydrogen-bond acceptors (Lipinski definition) is 3. The molecule has 5 heteroatoms. The topological polar surface area (TPSA) is 41.4 Å². The molecule has 19 heavy (non-hydrogen) atoms. The Labute approximate surface area is 115 Å². The lowest BCUT2D eigenvalue weighted by Gasteiger charge is -2.45. The van der Waals surface area contributed by atoms with Crippen LogP contribution in [-0.2, 0) is 7.05 Å². The van der Waals surface area contributed by atoms with Crippen molar-refractivity contribution in [2.75, 3.05) is 26.7 Å². The summed E-state index contributed by atoms with van der Waals surface area (Å²) in [6, 6.07) is 2.17. The Bertz CT molecular complexity index is 460. The summed E-state index contributed by atoms with van der Waals surface area (Å²) in [6.07, 6.45) is 1.81. The molecule has 1 aromatic heterocycles. The summed E-state index contributed by atoms with van der Waals surface area (Å²) in [6.45, 7) is 9.14. The van der Waals surface area contributed by atoms with Gasteiger partial charge in [0.25, 0.3) is 5.91 Å². The molecule has 1 aliphatic heterocycles. The van der Waals surface area contributed by atoms with Crippen molar-refractivity contribution in [3.8, 4) is 0 Å². The number of likely N-dealkylation sites (N-methyl/N-ethyl adjacent to an activating group) is 1. The Morgan fingerprint density at radius 3 is 2.53 bits per heavy atom. The molecule has 1 aromatic rings. The fraction of sp³-hybridized carbons (Fsp3) is 0.714. The van der Waals surface area contributed by atoms with Crippen molar-refractivity contribution in [1.29, 1.82) is 0 Å². The second-order valence-corrected chi connectivity index (χ2v) is 6.49. The summed E-state index contributed by atoms with van der Waals surface area (Å²) in [5, 5.41) is 4.20. The Balaban J connectivity index is 2.12. The molecule has 0 radical (unpaired) electrons. The van der Waals surface area contributed by atoms with Crippen molar-refractivity contribution in [2.24, 2.45) is 12.5 Å². The van der Waals surface area contributed by atoms with Crippen molar-refractivity contribution in [3.05, 3.63) is 18.0 Å². The summed E-state index contributed by atoms with van der Waals surface area (Å²) in [7, 11) is 3.97. The highest BCUT2D eigenvalue weighted by Crippen LogP contribution is 2.27. The molecule has 1 atom stereocenters. The van der Waals surface area contributed by atoms with Crippen LogP contribution in [0.3, 0.4) is 0 Å². The van der Waals surface area contributed by atoms with E-state index in [1.165, 1.54) is 0 Å². The van der Waals surface area contributed by atoms with E-state index in [0.29, 0.717) is 11.7 Å². The Kier molecular flexibility index (Phi) is 3.67. The molecule has 0 N–H and O–H groups in total. The van der Waals surface area contributed by atoms with E-state index in [2.05, 4.69) is 37.8 Å². The second kappa shape index (κ2) is 4.96. The number of hydrogen-bond donors (Lipinski definition) is 0. The predicted octanol–water partition coefficient (Wildman–Crippen LogP) is 1.22. The number of piperazine rings is 1. The number of carbonyl (C=O) groups excluding carboxylic acids is 1. The van der Waals surface area contributed by atoms with Crippen LogP contribution in [0.5, 0.6) is 0 Å². The number of carbonyl (C=O) groups is 1. The number of aromatic nitrogens is 2. The van der Waals surface area contributed by atoms with Gasteiger partial charge in [-0.1, -0.05) is 20.8 Å². The molecule has 1 saturated heterocycles. The maximum Gasteiger partial charge on any atom is 0.274 e. The van der Waals surface area contributed by atoms with Gasteiger partial charge in [0.2, 0.25) is 0 Å². The zero-order valence-corrected chi connectivity index (χ0v) is 12.6. The second-order valence-electron chi connectivity index (χ2n) is 6.49. The molecule has 1 aliphatic rings. The average Bonchev–Trinajstić information content (AvgIpc) is 2.74. The zero-order chi connectivity index (χ0) is 14.2. The van der Waals surface area contributed by atoms with Crippen molar-refractivity contribution < 1.29 is 4.79 Å². The molecule has 0 spiro atoms. The SMILES string of the molecule is CN1CCN(C(=O)c2ccn(C)n2)CC1C(C)(C)C. The molecule has 1 fully saturated rings.